The van der Waals surface area contributed by atoms with E-state index < -0.39 is 0 Å². The van der Waals surface area contributed by atoms with Gasteiger partial charge in [-0.2, -0.15) is 0 Å². The molecule has 1 aliphatic rings. The highest BCUT2D eigenvalue weighted by Gasteiger charge is 2.21. The number of aliphatic imine (C=N–C) groups is 1. The van der Waals surface area contributed by atoms with E-state index >= 15 is 0 Å². The molecule has 33 heavy (non-hydrogen) atoms. The summed E-state index contributed by atoms with van der Waals surface area (Å²) < 4.78 is 0. The third kappa shape index (κ3) is 7.80. The van der Waals surface area contributed by atoms with E-state index in [0.717, 1.165) is 62.8 Å². The molecule has 180 valence electrons. The molecule has 0 aliphatic carbocycles. The molecule has 3 N–H and O–H groups in total. The number of hydrogen-bond donors (Lipinski definition) is 3. The van der Waals surface area contributed by atoms with Crippen molar-refractivity contribution in [3.8, 4) is 5.75 Å². The van der Waals surface area contributed by atoms with E-state index in [1.807, 2.05) is 42.5 Å². The Kier molecular flexibility index (Phi) is 11.3. The number of halogens is 1. The van der Waals surface area contributed by atoms with Crippen LogP contribution in [0.2, 0.25) is 0 Å². The normalized spacial score (nSPS) is 13.9. The molecule has 1 fully saturated rings. The van der Waals surface area contributed by atoms with Crippen molar-refractivity contribution < 1.29 is 9.90 Å². The van der Waals surface area contributed by atoms with Crippen molar-refractivity contribution in [2.45, 2.75) is 33.2 Å². The zero-order valence-electron chi connectivity index (χ0n) is 19.6. The second-order valence-electron chi connectivity index (χ2n) is 7.94. The van der Waals surface area contributed by atoms with Crippen molar-refractivity contribution in [3.63, 3.8) is 0 Å². The van der Waals surface area contributed by atoms with E-state index in [-0.39, 0.29) is 29.9 Å². The number of unbranched alkanes of at least 4 members (excludes halogenated alkanes) is 1. The number of phenolic OH excluding ortho intramolecular Hbond substituents is 1. The van der Waals surface area contributed by atoms with Gasteiger partial charge < -0.3 is 25.5 Å². The van der Waals surface area contributed by atoms with Crippen LogP contribution in [-0.2, 0) is 6.54 Å². The first-order chi connectivity index (χ1) is 15.6. The summed E-state index contributed by atoms with van der Waals surface area (Å²) in [5, 5.41) is 16.5. The molecule has 0 radical (unpaired) electrons. The zero-order valence-corrected chi connectivity index (χ0v) is 21.9. The van der Waals surface area contributed by atoms with E-state index in [4.69, 9.17) is 4.99 Å². The highest BCUT2D eigenvalue weighted by atomic mass is 127. The maximum absolute atomic E-state index is 12.2. The van der Waals surface area contributed by atoms with E-state index in [9.17, 15) is 9.90 Å². The molecule has 0 saturated carbocycles. The van der Waals surface area contributed by atoms with Crippen LogP contribution in [0.3, 0.4) is 0 Å². The van der Waals surface area contributed by atoms with Crippen molar-refractivity contribution in [1.29, 1.82) is 0 Å². The number of nitrogens with one attached hydrogen (secondary N) is 2. The van der Waals surface area contributed by atoms with E-state index in [0.29, 0.717) is 24.4 Å². The van der Waals surface area contributed by atoms with Gasteiger partial charge in [-0.3, -0.25) is 4.79 Å². The molecule has 2 aromatic rings. The molecule has 1 aliphatic heterocycles. The van der Waals surface area contributed by atoms with Crippen LogP contribution in [0.25, 0.3) is 0 Å². The number of amides is 1. The first kappa shape index (κ1) is 26.8. The highest BCUT2D eigenvalue weighted by Crippen LogP contribution is 2.27. The molecule has 2 aromatic carbocycles. The molecule has 1 heterocycles. The number of anilines is 1. The Morgan fingerprint density at radius 1 is 1.00 bits per heavy atom. The van der Waals surface area contributed by atoms with Gasteiger partial charge >= 0.3 is 0 Å². The number of benzene rings is 2. The Balaban J connectivity index is 0.00000385. The molecule has 8 heteroatoms. The minimum absolute atomic E-state index is 0. The highest BCUT2D eigenvalue weighted by molar-refractivity contribution is 14.0. The van der Waals surface area contributed by atoms with Crippen LogP contribution >= 0.6 is 24.0 Å². The molecule has 1 amide bonds. The molecule has 0 atom stereocenters. The van der Waals surface area contributed by atoms with Crippen LogP contribution in [0.15, 0.2) is 53.5 Å². The number of nitrogens with zero attached hydrogens (tertiary/aromatic N) is 3. The summed E-state index contributed by atoms with van der Waals surface area (Å²) in [7, 11) is 0. The van der Waals surface area contributed by atoms with Crippen molar-refractivity contribution in [3.05, 3.63) is 59.7 Å². The topological polar surface area (TPSA) is 80.2 Å². The largest absolute Gasteiger partial charge is 0.506 e. The summed E-state index contributed by atoms with van der Waals surface area (Å²) in [6.45, 7) is 9.55. The van der Waals surface area contributed by atoms with Gasteiger partial charge in [-0.25, -0.2) is 4.99 Å². The lowest BCUT2D eigenvalue weighted by Crippen LogP contribution is -2.52. The second-order valence-corrected chi connectivity index (χ2v) is 7.94. The van der Waals surface area contributed by atoms with Crippen LogP contribution in [0.5, 0.6) is 5.75 Å². The SMILES string of the molecule is CCCCNC(=O)c1ccc(CN=C(NCC)N2CCN(c3ccccc3O)CC2)cc1.I. The summed E-state index contributed by atoms with van der Waals surface area (Å²) in [6.07, 6.45) is 2.06. The van der Waals surface area contributed by atoms with Gasteiger partial charge in [0, 0.05) is 44.8 Å². The predicted octanol–water partition coefficient (Wildman–Crippen LogP) is 3.83. The molecular weight excluding hydrogens is 529 g/mol. The summed E-state index contributed by atoms with van der Waals surface area (Å²) in [5.74, 6) is 1.19. The summed E-state index contributed by atoms with van der Waals surface area (Å²) >= 11 is 0. The summed E-state index contributed by atoms with van der Waals surface area (Å²) in [6, 6.07) is 15.2. The minimum atomic E-state index is -0.0239. The lowest BCUT2D eigenvalue weighted by molar-refractivity contribution is 0.0953. The van der Waals surface area contributed by atoms with Crippen LogP contribution in [0, 0.1) is 0 Å². The fourth-order valence-electron chi connectivity index (χ4n) is 3.73. The van der Waals surface area contributed by atoms with Gasteiger partial charge in [-0.05, 0) is 43.2 Å². The average Bonchev–Trinajstić information content (AvgIpc) is 2.83. The van der Waals surface area contributed by atoms with Crippen molar-refractivity contribution >= 4 is 41.5 Å². The maximum atomic E-state index is 12.2. The van der Waals surface area contributed by atoms with Gasteiger partial charge in [0.2, 0.25) is 0 Å². The van der Waals surface area contributed by atoms with Crippen LogP contribution < -0.4 is 15.5 Å². The third-order valence-corrected chi connectivity index (χ3v) is 5.58. The Bertz CT molecular complexity index is 896. The number of carbonyl (C=O) groups is 1. The standard InChI is InChI=1S/C25H35N5O2.HI/c1-3-5-14-27-24(32)21-12-10-20(11-13-21)19-28-25(26-4-2)30-17-15-29(16-18-30)22-8-6-7-9-23(22)31;/h6-13,31H,3-5,14-19H2,1-2H3,(H,26,28)(H,27,32);1H. The van der Waals surface area contributed by atoms with Gasteiger partial charge in [-0.15, -0.1) is 24.0 Å². The molecular formula is C25H36IN5O2. The maximum Gasteiger partial charge on any atom is 0.251 e. The fraction of sp³-hybridized carbons (Fsp3) is 0.440. The predicted molar refractivity (Wildman–Crippen MR) is 146 cm³/mol. The Morgan fingerprint density at radius 2 is 1.70 bits per heavy atom. The lowest BCUT2D eigenvalue weighted by Gasteiger charge is -2.37. The van der Waals surface area contributed by atoms with Crippen molar-refractivity contribution in [1.82, 2.24) is 15.5 Å². The quantitative estimate of drug-likeness (QED) is 0.196. The number of phenols is 1. The van der Waals surface area contributed by atoms with Crippen molar-refractivity contribution in [2.24, 2.45) is 4.99 Å². The van der Waals surface area contributed by atoms with Crippen LogP contribution in [0.4, 0.5) is 5.69 Å². The summed E-state index contributed by atoms with van der Waals surface area (Å²) in [4.78, 5) is 21.5. The Labute approximate surface area is 214 Å². The molecule has 0 unspecified atom stereocenters. The van der Waals surface area contributed by atoms with E-state index in [1.54, 1.807) is 6.07 Å². The van der Waals surface area contributed by atoms with Crippen LogP contribution in [-0.4, -0.2) is 61.1 Å². The van der Waals surface area contributed by atoms with E-state index in [1.165, 1.54) is 0 Å². The fourth-order valence-corrected chi connectivity index (χ4v) is 3.73. The molecule has 0 aromatic heterocycles. The summed E-state index contributed by atoms with van der Waals surface area (Å²) in [5.41, 5.74) is 2.63. The minimum Gasteiger partial charge on any atom is -0.506 e. The third-order valence-electron chi connectivity index (χ3n) is 5.58. The average molecular weight is 566 g/mol. The zero-order chi connectivity index (χ0) is 22.8. The molecule has 0 bridgehead atoms. The molecule has 3 rings (SSSR count). The number of piperazine rings is 1. The van der Waals surface area contributed by atoms with Crippen LogP contribution in [0.1, 0.15) is 42.6 Å². The van der Waals surface area contributed by atoms with Gasteiger partial charge in [0.25, 0.3) is 5.91 Å². The van der Waals surface area contributed by atoms with Gasteiger partial charge in [0.05, 0.1) is 12.2 Å². The van der Waals surface area contributed by atoms with Gasteiger partial charge in [0.15, 0.2) is 5.96 Å². The molecule has 1 saturated heterocycles. The first-order valence-electron chi connectivity index (χ1n) is 11.6. The number of para-hydroxylation sites is 2. The second kappa shape index (κ2) is 13.9. The van der Waals surface area contributed by atoms with Gasteiger partial charge in [0.1, 0.15) is 5.75 Å². The number of aromatic hydroxyl groups is 1. The Hall–Kier alpha value is -2.49. The van der Waals surface area contributed by atoms with E-state index in [2.05, 4.69) is 34.3 Å². The smallest absolute Gasteiger partial charge is 0.251 e. The lowest BCUT2D eigenvalue weighted by atomic mass is 10.1. The number of rotatable bonds is 8. The molecule has 7 nitrogen and oxygen atoms in total. The molecule has 0 spiro atoms. The number of carbonyl (C=O) groups excluding carboxylic acids is 1. The van der Waals surface area contributed by atoms with Gasteiger partial charge in [-0.1, -0.05) is 37.6 Å². The first-order valence-corrected chi connectivity index (χ1v) is 11.6. The Morgan fingerprint density at radius 3 is 2.33 bits per heavy atom. The monoisotopic (exact) mass is 565 g/mol. The number of guanidine groups is 1. The number of hydrogen-bond acceptors (Lipinski definition) is 4. The van der Waals surface area contributed by atoms with Crippen molar-refractivity contribution in [2.75, 3.05) is 44.2 Å².